The standard InChI is InChI=1S/C4H6OSi/c1-2-4(5)3-6/h1H,3H2,6H3. The summed E-state index contributed by atoms with van der Waals surface area (Å²) < 4.78 is 0. The summed E-state index contributed by atoms with van der Waals surface area (Å²) in [4.78, 5) is 9.98. The minimum Gasteiger partial charge on any atom is -0.285 e. The summed E-state index contributed by atoms with van der Waals surface area (Å²) in [5.74, 6) is 1.94. The molecule has 0 saturated carbocycles. The molecule has 0 unspecified atom stereocenters. The molecule has 0 aromatic carbocycles. The Balaban J connectivity index is 3.33. The van der Waals surface area contributed by atoms with Gasteiger partial charge in [0.15, 0.2) is 0 Å². The first-order valence-corrected chi connectivity index (χ1v) is 3.22. The van der Waals surface area contributed by atoms with E-state index in [4.69, 9.17) is 6.42 Å². The van der Waals surface area contributed by atoms with Gasteiger partial charge >= 0.3 is 0 Å². The molecule has 0 bridgehead atoms. The van der Waals surface area contributed by atoms with Gasteiger partial charge in [-0.15, -0.1) is 6.42 Å². The van der Waals surface area contributed by atoms with Crippen LogP contribution >= 0.6 is 0 Å². The predicted octanol–water partition coefficient (Wildman–Crippen LogP) is -1.03. The first-order chi connectivity index (χ1) is 2.81. The van der Waals surface area contributed by atoms with Crippen LogP contribution in [-0.2, 0) is 4.79 Å². The van der Waals surface area contributed by atoms with Crippen LogP contribution in [0.1, 0.15) is 0 Å². The molecule has 0 aliphatic rings. The van der Waals surface area contributed by atoms with Crippen LogP contribution in [0.25, 0.3) is 0 Å². The third-order valence-corrected chi connectivity index (χ3v) is 1.12. The molecule has 0 rings (SSSR count). The zero-order valence-corrected chi connectivity index (χ0v) is 5.69. The molecule has 2 heteroatoms. The van der Waals surface area contributed by atoms with Gasteiger partial charge in [0, 0.05) is 16.3 Å². The highest BCUT2D eigenvalue weighted by molar-refractivity contribution is 6.23. The summed E-state index contributed by atoms with van der Waals surface area (Å²) in [7, 11) is 0.890. The van der Waals surface area contributed by atoms with Gasteiger partial charge in [-0.25, -0.2) is 0 Å². The number of hydrogen-bond donors (Lipinski definition) is 0. The summed E-state index contributed by atoms with van der Waals surface area (Å²) in [5.41, 5.74) is 0. The van der Waals surface area contributed by atoms with Gasteiger partial charge in [0.1, 0.15) is 0 Å². The van der Waals surface area contributed by atoms with Crippen LogP contribution in [0.2, 0.25) is 6.04 Å². The van der Waals surface area contributed by atoms with E-state index >= 15 is 0 Å². The fraction of sp³-hybridized carbons (Fsp3) is 0.250. The highest BCUT2D eigenvalue weighted by atomic mass is 28.1. The van der Waals surface area contributed by atoms with E-state index in [1.165, 1.54) is 0 Å². The van der Waals surface area contributed by atoms with Crippen LogP contribution in [-0.4, -0.2) is 16.0 Å². The predicted molar refractivity (Wildman–Crippen MR) is 28.6 cm³/mol. The molecule has 0 heterocycles. The monoisotopic (exact) mass is 98.0 g/mol. The Labute approximate surface area is 40.2 Å². The molecule has 0 amide bonds. The van der Waals surface area contributed by atoms with E-state index < -0.39 is 0 Å². The molecule has 0 fully saturated rings. The second-order valence-corrected chi connectivity index (χ2v) is 1.63. The second kappa shape index (κ2) is 2.67. The summed E-state index contributed by atoms with van der Waals surface area (Å²) in [6.45, 7) is 0. The minimum absolute atomic E-state index is 0.0679. The Bertz CT molecular complexity index is 90.2. The minimum atomic E-state index is -0.0679. The summed E-state index contributed by atoms with van der Waals surface area (Å²) in [6, 6.07) is 0.594. The number of rotatable bonds is 1. The fourth-order valence-corrected chi connectivity index (χ4v) is 0.306. The Morgan fingerprint density at radius 1 is 2.00 bits per heavy atom. The fourth-order valence-electron chi connectivity index (χ4n) is 0.102. The van der Waals surface area contributed by atoms with Gasteiger partial charge in [0.2, 0.25) is 5.78 Å². The second-order valence-electron chi connectivity index (χ2n) is 0.921. The number of carbonyl (C=O) groups is 1. The smallest absolute Gasteiger partial charge is 0.201 e. The largest absolute Gasteiger partial charge is 0.285 e. The third-order valence-electron chi connectivity index (χ3n) is 0.482. The Hall–Kier alpha value is -0.553. The van der Waals surface area contributed by atoms with Crippen LogP contribution in [0, 0.1) is 12.3 Å². The van der Waals surface area contributed by atoms with Crippen molar-refractivity contribution in [3.63, 3.8) is 0 Å². The van der Waals surface area contributed by atoms with Crippen molar-refractivity contribution in [2.75, 3.05) is 0 Å². The molecule has 0 aliphatic carbocycles. The summed E-state index contributed by atoms with van der Waals surface area (Å²) in [5, 5.41) is 0. The zero-order chi connectivity index (χ0) is 4.99. The molecule has 6 heavy (non-hydrogen) atoms. The van der Waals surface area contributed by atoms with Crippen molar-refractivity contribution in [3.05, 3.63) is 0 Å². The van der Waals surface area contributed by atoms with Crippen molar-refractivity contribution in [1.82, 2.24) is 0 Å². The number of Topliss-reactive ketones (excluding diaryl/α,β-unsaturated/α-hetero) is 1. The maximum Gasteiger partial charge on any atom is 0.201 e. The SMILES string of the molecule is C#CC(=O)C[SiH3]. The molecule has 1 nitrogen and oxygen atoms in total. The number of ketones is 1. The lowest BCUT2D eigenvalue weighted by atomic mass is 10.5. The first kappa shape index (κ1) is 5.45. The summed E-state index contributed by atoms with van der Waals surface area (Å²) in [6.07, 6.45) is 4.71. The van der Waals surface area contributed by atoms with Gasteiger partial charge < -0.3 is 0 Å². The van der Waals surface area contributed by atoms with Crippen LogP contribution in [0.15, 0.2) is 0 Å². The lowest BCUT2D eigenvalue weighted by Crippen LogP contribution is -1.87. The van der Waals surface area contributed by atoms with E-state index in [0.717, 1.165) is 10.2 Å². The number of carbonyl (C=O) groups excluding carboxylic acids is 1. The van der Waals surface area contributed by atoms with Gasteiger partial charge in [-0.1, -0.05) is 0 Å². The van der Waals surface area contributed by atoms with Gasteiger partial charge in [0.25, 0.3) is 0 Å². The molecule has 32 valence electrons. The van der Waals surface area contributed by atoms with E-state index in [1.54, 1.807) is 0 Å². The van der Waals surface area contributed by atoms with Gasteiger partial charge in [0.05, 0.1) is 0 Å². The molecule has 0 saturated heterocycles. The number of terminal acetylenes is 1. The van der Waals surface area contributed by atoms with Crippen molar-refractivity contribution in [3.8, 4) is 12.3 Å². The van der Waals surface area contributed by atoms with Crippen molar-refractivity contribution in [2.45, 2.75) is 6.04 Å². The average Bonchev–Trinajstić information content (AvgIpc) is 1.65. The summed E-state index contributed by atoms with van der Waals surface area (Å²) >= 11 is 0. The maximum absolute atomic E-state index is 9.98. The molecule has 0 spiro atoms. The highest BCUT2D eigenvalue weighted by Crippen LogP contribution is 1.69. The zero-order valence-electron chi connectivity index (χ0n) is 3.69. The average molecular weight is 98.2 g/mol. The van der Waals surface area contributed by atoms with E-state index in [-0.39, 0.29) is 5.78 Å². The maximum atomic E-state index is 9.98. The Morgan fingerprint density at radius 2 is 2.50 bits per heavy atom. The first-order valence-electron chi connectivity index (χ1n) is 1.80. The molecule has 0 aromatic heterocycles. The van der Waals surface area contributed by atoms with Crippen molar-refractivity contribution in [2.24, 2.45) is 0 Å². The van der Waals surface area contributed by atoms with Gasteiger partial charge in [-0.3, -0.25) is 4.79 Å². The molecule has 0 aromatic rings. The normalized spacial score (nSPS) is 7.17. The van der Waals surface area contributed by atoms with E-state index in [9.17, 15) is 4.79 Å². The topological polar surface area (TPSA) is 17.1 Å². The van der Waals surface area contributed by atoms with Crippen molar-refractivity contribution in [1.29, 1.82) is 0 Å². The highest BCUT2D eigenvalue weighted by Gasteiger charge is 1.82. The van der Waals surface area contributed by atoms with E-state index in [1.807, 2.05) is 5.92 Å². The van der Waals surface area contributed by atoms with E-state index in [0.29, 0.717) is 6.04 Å². The van der Waals surface area contributed by atoms with Crippen LogP contribution in [0.5, 0.6) is 0 Å². The van der Waals surface area contributed by atoms with E-state index in [2.05, 4.69) is 0 Å². The Morgan fingerprint density at radius 3 is 2.50 bits per heavy atom. The lowest BCUT2D eigenvalue weighted by Gasteiger charge is -1.71. The van der Waals surface area contributed by atoms with Crippen molar-refractivity contribution < 1.29 is 4.79 Å². The van der Waals surface area contributed by atoms with Crippen LogP contribution < -0.4 is 0 Å². The number of hydrogen-bond acceptors (Lipinski definition) is 1. The molecular weight excluding hydrogens is 92.1 g/mol. The van der Waals surface area contributed by atoms with Crippen molar-refractivity contribution >= 4 is 16.0 Å². The van der Waals surface area contributed by atoms with Crippen LogP contribution in [0.3, 0.4) is 0 Å². The quantitative estimate of drug-likeness (QED) is 0.233. The molecular formula is C4H6OSi. The third kappa shape index (κ3) is 1.74. The lowest BCUT2D eigenvalue weighted by molar-refractivity contribution is -0.111. The molecule has 0 aliphatic heterocycles. The van der Waals surface area contributed by atoms with Gasteiger partial charge in [-0.2, -0.15) is 0 Å². The van der Waals surface area contributed by atoms with Crippen LogP contribution in [0.4, 0.5) is 0 Å². The molecule has 0 N–H and O–H groups in total. The van der Waals surface area contributed by atoms with Gasteiger partial charge in [-0.05, 0) is 5.92 Å². The molecule has 0 atom stereocenters. The Kier molecular flexibility index (Phi) is 2.43. The molecule has 0 radical (unpaired) electrons.